The molecule has 47 heavy (non-hydrogen) atoms. The van der Waals surface area contributed by atoms with Gasteiger partial charge in [-0.1, -0.05) is 12.1 Å². The second-order valence-corrected chi connectivity index (χ2v) is 14.1. The number of hydrogen-bond donors (Lipinski definition) is 2. The summed E-state index contributed by atoms with van der Waals surface area (Å²) in [5.74, 6) is -1.85. The van der Waals surface area contributed by atoms with Crippen molar-refractivity contribution in [3.63, 3.8) is 0 Å². The van der Waals surface area contributed by atoms with Gasteiger partial charge in [-0.25, -0.2) is 23.9 Å². The van der Waals surface area contributed by atoms with E-state index >= 15 is 0 Å². The van der Waals surface area contributed by atoms with Crippen LogP contribution < -0.4 is 15.5 Å². The normalized spacial score (nSPS) is 12.6. The Balaban J connectivity index is 1.99. The lowest BCUT2D eigenvalue weighted by molar-refractivity contribution is -0.118. The molecule has 1 unspecified atom stereocenters. The summed E-state index contributed by atoms with van der Waals surface area (Å²) in [6.07, 6.45) is -1.54. The zero-order valence-corrected chi connectivity index (χ0v) is 28.9. The molecule has 0 bridgehead atoms. The van der Waals surface area contributed by atoms with E-state index in [2.05, 4.69) is 15.6 Å². The maximum atomic E-state index is 13.7. The molecule has 1 aromatic heterocycles. The van der Waals surface area contributed by atoms with Crippen LogP contribution in [0.25, 0.3) is 11.0 Å². The van der Waals surface area contributed by atoms with Gasteiger partial charge in [-0.05, 0) is 98.2 Å². The van der Waals surface area contributed by atoms with Crippen molar-refractivity contribution in [2.45, 2.75) is 98.5 Å². The number of alkyl carbamates (subject to hydrolysis) is 1. The van der Waals surface area contributed by atoms with E-state index in [0.717, 1.165) is 4.57 Å². The van der Waals surface area contributed by atoms with Gasteiger partial charge in [0.1, 0.15) is 22.8 Å². The molecule has 3 rings (SSSR count). The zero-order valence-electron chi connectivity index (χ0n) is 28.9. The Morgan fingerprint density at radius 3 is 2.04 bits per heavy atom. The Kier molecular flexibility index (Phi) is 10.7. The minimum atomic E-state index is -1.09. The van der Waals surface area contributed by atoms with Crippen LogP contribution in [0.2, 0.25) is 0 Å². The van der Waals surface area contributed by atoms with E-state index in [1.807, 2.05) is 0 Å². The molecule has 0 fully saturated rings. The fourth-order valence-corrected chi connectivity index (χ4v) is 4.31. The number of nitrogens with zero attached hydrogens (tertiary/aromatic N) is 3. The molecule has 3 amide bonds. The van der Waals surface area contributed by atoms with Gasteiger partial charge in [0.05, 0.1) is 11.0 Å². The molecule has 0 saturated heterocycles. The van der Waals surface area contributed by atoms with Crippen molar-refractivity contribution < 1.29 is 38.2 Å². The number of esters is 1. The average molecular weight is 652 g/mol. The Morgan fingerprint density at radius 2 is 1.47 bits per heavy atom. The van der Waals surface area contributed by atoms with Crippen molar-refractivity contribution in [3.05, 3.63) is 53.9 Å². The highest BCUT2D eigenvalue weighted by Gasteiger charge is 2.30. The van der Waals surface area contributed by atoms with E-state index in [1.54, 1.807) is 93.6 Å². The molecule has 13 nitrogen and oxygen atoms in total. The third kappa shape index (κ3) is 10.5. The Bertz CT molecular complexity index is 1670. The van der Waals surface area contributed by atoms with Gasteiger partial charge in [0.2, 0.25) is 17.6 Å². The number of amides is 3. The van der Waals surface area contributed by atoms with Gasteiger partial charge < -0.3 is 29.7 Å². The summed E-state index contributed by atoms with van der Waals surface area (Å²) in [6.45, 7) is 16.7. The summed E-state index contributed by atoms with van der Waals surface area (Å²) >= 11 is 0. The topological polar surface area (TPSA) is 158 Å². The third-order valence-electron chi connectivity index (χ3n) is 6.30. The molecule has 1 heterocycles. The molecular weight excluding hydrogens is 606 g/mol. The van der Waals surface area contributed by atoms with Gasteiger partial charge in [-0.3, -0.25) is 9.59 Å². The molecule has 13 heteroatoms. The van der Waals surface area contributed by atoms with Gasteiger partial charge in [0.15, 0.2) is 0 Å². The van der Waals surface area contributed by atoms with Gasteiger partial charge in [-0.15, -0.1) is 0 Å². The number of imidazole rings is 1. The van der Waals surface area contributed by atoms with Crippen LogP contribution in [-0.4, -0.2) is 69.4 Å². The lowest BCUT2D eigenvalue weighted by Gasteiger charge is -2.24. The molecule has 0 aliphatic rings. The first-order valence-electron chi connectivity index (χ1n) is 15.2. The van der Waals surface area contributed by atoms with Crippen LogP contribution in [0.3, 0.4) is 0 Å². The first-order valence-corrected chi connectivity index (χ1v) is 15.2. The minimum absolute atomic E-state index is 0.0724. The molecule has 2 N–H and O–H groups in total. The number of nitrogens with one attached hydrogen (secondary N) is 2. The third-order valence-corrected chi connectivity index (χ3v) is 6.30. The van der Waals surface area contributed by atoms with Crippen LogP contribution in [0.4, 0.5) is 21.0 Å². The predicted octanol–water partition coefficient (Wildman–Crippen LogP) is 5.83. The van der Waals surface area contributed by atoms with Crippen LogP contribution in [0.15, 0.2) is 42.5 Å². The molecule has 0 aliphatic carbocycles. The second kappa shape index (κ2) is 13.8. The molecule has 2 aromatic carbocycles. The number of ether oxygens (including phenoxy) is 3. The van der Waals surface area contributed by atoms with Gasteiger partial charge >= 0.3 is 18.2 Å². The number of rotatable bonds is 7. The zero-order chi connectivity index (χ0) is 35.5. The standard InChI is InChI=1S/C34H45N5O8/c1-20(40)38(11)23-14-12-13-21(17-23)18-25(37-30(43)46-33(5,6)7)28(41)35-22-15-16-26-24(19-22)36-27(29(42)45-32(2,3)4)39(26)31(44)47-34(8,9)10/h12-17,19,25H,18H2,1-11H3,(H,35,41)(H,37,43). The van der Waals surface area contributed by atoms with E-state index in [9.17, 15) is 24.0 Å². The first kappa shape index (κ1) is 36.5. The number of aromatic nitrogens is 2. The van der Waals surface area contributed by atoms with E-state index in [1.165, 1.54) is 30.0 Å². The lowest BCUT2D eigenvalue weighted by Crippen LogP contribution is -2.47. The van der Waals surface area contributed by atoms with E-state index in [4.69, 9.17) is 14.2 Å². The summed E-state index contributed by atoms with van der Waals surface area (Å²) < 4.78 is 17.5. The van der Waals surface area contributed by atoms with E-state index in [-0.39, 0.29) is 34.9 Å². The maximum absolute atomic E-state index is 13.7. The monoisotopic (exact) mass is 651 g/mol. The minimum Gasteiger partial charge on any atom is -0.454 e. The van der Waals surface area contributed by atoms with Crippen LogP contribution in [-0.2, 0) is 30.2 Å². The molecule has 254 valence electrons. The molecule has 0 aliphatic heterocycles. The van der Waals surface area contributed by atoms with Crippen LogP contribution >= 0.6 is 0 Å². The van der Waals surface area contributed by atoms with Crippen LogP contribution in [0.5, 0.6) is 0 Å². The summed E-state index contributed by atoms with van der Waals surface area (Å²) in [6, 6.07) is 10.5. The predicted molar refractivity (Wildman–Crippen MR) is 178 cm³/mol. The molecule has 0 spiro atoms. The van der Waals surface area contributed by atoms with E-state index in [0.29, 0.717) is 11.3 Å². The Morgan fingerprint density at radius 1 is 0.851 bits per heavy atom. The summed E-state index contributed by atoms with van der Waals surface area (Å²) in [4.78, 5) is 70.5. The highest BCUT2D eigenvalue weighted by molar-refractivity contribution is 6.01. The number of anilines is 2. The average Bonchev–Trinajstić information content (AvgIpc) is 3.29. The van der Waals surface area contributed by atoms with Crippen LogP contribution in [0, 0.1) is 0 Å². The number of benzene rings is 2. The van der Waals surface area contributed by atoms with Gasteiger partial charge in [-0.2, -0.15) is 0 Å². The smallest absolute Gasteiger partial charge is 0.420 e. The lowest BCUT2D eigenvalue weighted by atomic mass is 10.0. The quantitative estimate of drug-likeness (QED) is 0.237. The highest BCUT2D eigenvalue weighted by Crippen LogP contribution is 2.25. The molecule has 0 radical (unpaired) electrons. The Labute approximate surface area is 274 Å². The maximum Gasteiger partial charge on any atom is 0.420 e. The van der Waals surface area contributed by atoms with E-state index < -0.39 is 46.9 Å². The van der Waals surface area contributed by atoms with Crippen LogP contribution in [0.1, 0.15) is 85.4 Å². The van der Waals surface area contributed by atoms with Gasteiger partial charge in [0.25, 0.3) is 0 Å². The number of hydrogen-bond acceptors (Lipinski definition) is 9. The fourth-order valence-electron chi connectivity index (χ4n) is 4.31. The summed E-state index contributed by atoms with van der Waals surface area (Å²) in [5, 5.41) is 5.43. The summed E-state index contributed by atoms with van der Waals surface area (Å²) in [5.41, 5.74) is -0.460. The first-order chi connectivity index (χ1) is 21.5. The Hall–Kier alpha value is -4.94. The second-order valence-electron chi connectivity index (χ2n) is 14.1. The number of carbonyl (C=O) groups is 5. The van der Waals surface area contributed by atoms with Crippen molar-refractivity contribution in [2.75, 3.05) is 17.3 Å². The SMILES string of the molecule is CC(=O)N(C)c1cccc(CC(NC(=O)OC(C)(C)C)C(=O)Nc2ccc3c(c2)nc(C(=O)OC(C)(C)C)n3C(=O)OC(C)(C)C)c1. The largest absolute Gasteiger partial charge is 0.454 e. The number of fused-ring (bicyclic) bond motifs is 1. The van der Waals surface area contributed by atoms with Crippen molar-refractivity contribution in [3.8, 4) is 0 Å². The number of carbonyl (C=O) groups excluding carboxylic acids is 5. The van der Waals surface area contributed by atoms with Crippen molar-refractivity contribution >= 4 is 52.4 Å². The molecule has 0 saturated carbocycles. The molecular formula is C34H45N5O8. The van der Waals surface area contributed by atoms with Crippen molar-refractivity contribution in [1.29, 1.82) is 0 Å². The molecule has 3 aromatic rings. The van der Waals surface area contributed by atoms with Crippen molar-refractivity contribution in [2.24, 2.45) is 0 Å². The fraction of sp³-hybridized carbons (Fsp3) is 0.471. The highest BCUT2D eigenvalue weighted by atomic mass is 16.6. The summed E-state index contributed by atoms with van der Waals surface area (Å²) in [7, 11) is 1.64. The van der Waals surface area contributed by atoms with Gasteiger partial charge in [0, 0.05) is 31.8 Å². The molecule has 1 atom stereocenters. The van der Waals surface area contributed by atoms with Crippen molar-refractivity contribution in [1.82, 2.24) is 14.9 Å².